The quantitative estimate of drug-likeness (QED) is 0.797. The maximum atomic E-state index is 12.4. The van der Waals surface area contributed by atoms with Gasteiger partial charge in [0.25, 0.3) is 0 Å². The van der Waals surface area contributed by atoms with Gasteiger partial charge in [0.15, 0.2) is 0 Å². The van der Waals surface area contributed by atoms with Crippen molar-refractivity contribution in [3.63, 3.8) is 0 Å². The van der Waals surface area contributed by atoms with E-state index in [4.69, 9.17) is 0 Å². The van der Waals surface area contributed by atoms with Gasteiger partial charge in [0.2, 0.25) is 11.8 Å². The van der Waals surface area contributed by atoms with Crippen molar-refractivity contribution in [3.05, 3.63) is 34.3 Å². The molecule has 2 aliphatic rings. The van der Waals surface area contributed by atoms with E-state index in [1.807, 2.05) is 31.3 Å². The summed E-state index contributed by atoms with van der Waals surface area (Å²) in [6, 6.07) is 7.85. The molecule has 2 saturated heterocycles. The average Bonchev–Trinajstić information content (AvgIpc) is 2.72. The fraction of sp³-hybridized carbons (Fsp3) is 0.467. The molecular formula is C15H17BrN2O2. The highest BCUT2D eigenvalue weighted by molar-refractivity contribution is 9.10. The number of carbonyl (C=O) groups excluding carboxylic acids is 2. The molecule has 2 aliphatic heterocycles. The lowest BCUT2D eigenvalue weighted by Crippen LogP contribution is -2.51. The van der Waals surface area contributed by atoms with Crippen molar-refractivity contribution in [2.75, 3.05) is 20.1 Å². The molecule has 1 aromatic rings. The Hall–Kier alpha value is -1.20. The smallest absolute Gasteiger partial charge is 0.234 e. The van der Waals surface area contributed by atoms with Crippen LogP contribution in [-0.2, 0) is 9.59 Å². The number of benzene rings is 1. The molecule has 1 aromatic carbocycles. The minimum absolute atomic E-state index is 0.140. The summed E-state index contributed by atoms with van der Waals surface area (Å²) in [7, 11) is 2.05. The van der Waals surface area contributed by atoms with Crippen LogP contribution in [0.3, 0.4) is 0 Å². The predicted molar refractivity (Wildman–Crippen MR) is 79.2 cm³/mol. The number of halogens is 1. The summed E-state index contributed by atoms with van der Waals surface area (Å²) < 4.78 is 0.992. The summed E-state index contributed by atoms with van der Waals surface area (Å²) in [5.41, 5.74) is 0.746. The molecule has 3 rings (SSSR count). The maximum Gasteiger partial charge on any atom is 0.234 e. The van der Waals surface area contributed by atoms with E-state index in [0.717, 1.165) is 29.5 Å². The normalized spacial score (nSPS) is 30.8. The van der Waals surface area contributed by atoms with Gasteiger partial charge in [-0.1, -0.05) is 28.1 Å². The zero-order chi connectivity index (χ0) is 14.3. The van der Waals surface area contributed by atoms with Crippen molar-refractivity contribution in [2.24, 2.45) is 5.41 Å². The highest BCUT2D eigenvalue weighted by Crippen LogP contribution is 2.48. The van der Waals surface area contributed by atoms with Gasteiger partial charge < -0.3 is 4.90 Å². The first-order valence-electron chi connectivity index (χ1n) is 6.78. The molecule has 2 atom stereocenters. The van der Waals surface area contributed by atoms with E-state index in [9.17, 15) is 9.59 Å². The van der Waals surface area contributed by atoms with Gasteiger partial charge in [-0.2, -0.15) is 0 Å². The Balaban J connectivity index is 2.02. The van der Waals surface area contributed by atoms with Crippen LogP contribution < -0.4 is 5.32 Å². The molecule has 0 bridgehead atoms. The number of imide groups is 1. The van der Waals surface area contributed by atoms with Crippen LogP contribution in [0.4, 0.5) is 0 Å². The van der Waals surface area contributed by atoms with Crippen molar-refractivity contribution in [1.29, 1.82) is 0 Å². The fourth-order valence-corrected chi connectivity index (χ4v) is 3.87. The van der Waals surface area contributed by atoms with Gasteiger partial charge in [-0.05, 0) is 37.7 Å². The predicted octanol–water partition coefficient (Wildman–Crippen LogP) is 1.90. The number of amides is 2. The zero-order valence-corrected chi connectivity index (χ0v) is 12.9. The lowest BCUT2D eigenvalue weighted by Gasteiger charge is -2.39. The van der Waals surface area contributed by atoms with Gasteiger partial charge in [0.1, 0.15) is 0 Å². The van der Waals surface area contributed by atoms with Crippen molar-refractivity contribution in [3.8, 4) is 0 Å². The van der Waals surface area contributed by atoms with E-state index in [0.29, 0.717) is 6.42 Å². The molecule has 2 heterocycles. The SMILES string of the molecule is CN1CCC2(CC(=O)NC(=O)C2c2ccc(Br)cc2)C1. The minimum atomic E-state index is -0.248. The van der Waals surface area contributed by atoms with Gasteiger partial charge in [0.05, 0.1) is 5.92 Å². The molecule has 0 aliphatic carbocycles. The average molecular weight is 337 g/mol. The lowest BCUT2D eigenvalue weighted by atomic mass is 9.66. The highest BCUT2D eigenvalue weighted by Gasteiger charge is 2.51. The highest BCUT2D eigenvalue weighted by atomic mass is 79.9. The summed E-state index contributed by atoms with van der Waals surface area (Å²) in [6.45, 7) is 1.74. The van der Waals surface area contributed by atoms with Crippen LogP contribution in [0.1, 0.15) is 24.3 Å². The second-order valence-corrected chi connectivity index (χ2v) is 6.84. The summed E-state index contributed by atoms with van der Waals surface area (Å²) in [5, 5.41) is 2.50. The fourth-order valence-electron chi connectivity index (χ4n) is 3.60. The number of nitrogens with zero attached hydrogens (tertiary/aromatic N) is 1. The van der Waals surface area contributed by atoms with Gasteiger partial charge >= 0.3 is 0 Å². The van der Waals surface area contributed by atoms with E-state index in [1.54, 1.807) is 0 Å². The van der Waals surface area contributed by atoms with E-state index in [1.165, 1.54) is 0 Å². The Morgan fingerprint density at radius 1 is 1.30 bits per heavy atom. The van der Waals surface area contributed by atoms with Crippen LogP contribution in [0.25, 0.3) is 0 Å². The van der Waals surface area contributed by atoms with Gasteiger partial charge in [-0.3, -0.25) is 14.9 Å². The molecule has 20 heavy (non-hydrogen) atoms. The molecule has 2 amide bonds. The van der Waals surface area contributed by atoms with Crippen molar-refractivity contribution >= 4 is 27.7 Å². The third-order valence-corrected chi connectivity index (χ3v) is 4.96. The maximum absolute atomic E-state index is 12.4. The topological polar surface area (TPSA) is 49.4 Å². The second kappa shape index (κ2) is 4.97. The Morgan fingerprint density at radius 3 is 2.60 bits per heavy atom. The first-order valence-corrected chi connectivity index (χ1v) is 7.57. The largest absolute Gasteiger partial charge is 0.306 e. The molecule has 4 nitrogen and oxygen atoms in total. The van der Waals surface area contributed by atoms with Gasteiger partial charge in [-0.25, -0.2) is 0 Å². The summed E-state index contributed by atoms with van der Waals surface area (Å²) in [4.78, 5) is 26.4. The summed E-state index contributed by atoms with van der Waals surface area (Å²) in [6.07, 6.45) is 1.33. The summed E-state index contributed by atoms with van der Waals surface area (Å²) in [5.74, 6) is -0.532. The molecule has 106 valence electrons. The van der Waals surface area contributed by atoms with E-state index in [2.05, 4.69) is 26.1 Å². The van der Waals surface area contributed by atoms with Crippen LogP contribution in [0.2, 0.25) is 0 Å². The molecule has 0 saturated carbocycles. The number of rotatable bonds is 1. The third-order valence-electron chi connectivity index (χ3n) is 4.43. The van der Waals surface area contributed by atoms with E-state index >= 15 is 0 Å². The van der Waals surface area contributed by atoms with Gasteiger partial charge in [-0.15, -0.1) is 0 Å². The Kier molecular flexibility index (Phi) is 3.42. The molecule has 2 fully saturated rings. The number of hydrogen-bond donors (Lipinski definition) is 1. The number of hydrogen-bond acceptors (Lipinski definition) is 3. The minimum Gasteiger partial charge on any atom is -0.306 e. The number of likely N-dealkylation sites (tertiary alicyclic amines) is 1. The molecule has 0 radical (unpaired) electrons. The van der Waals surface area contributed by atoms with Crippen LogP contribution in [0, 0.1) is 5.41 Å². The molecule has 1 spiro atoms. The summed E-state index contributed by atoms with van der Waals surface area (Å²) >= 11 is 3.42. The molecule has 5 heteroatoms. The van der Waals surface area contributed by atoms with Crippen LogP contribution in [-0.4, -0.2) is 36.9 Å². The number of carbonyl (C=O) groups is 2. The molecule has 2 unspecified atom stereocenters. The van der Waals surface area contributed by atoms with Crippen LogP contribution in [0.5, 0.6) is 0 Å². The van der Waals surface area contributed by atoms with Crippen molar-refractivity contribution in [2.45, 2.75) is 18.8 Å². The van der Waals surface area contributed by atoms with E-state index < -0.39 is 0 Å². The number of piperidine rings is 1. The Morgan fingerprint density at radius 2 is 2.00 bits per heavy atom. The Bertz CT molecular complexity index is 557. The Labute approximate surface area is 126 Å². The van der Waals surface area contributed by atoms with E-state index in [-0.39, 0.29) is 23.1 Å². The van der Waals surface area contributed by atoms with Gasteiger partial charge in [0, 0.05) is 22.9 Å². The van der Waals surface area contributed by atoms with Crippen LogP contribution >= 0.6 is 15.9 Å². The lowest BCUT2D eigenvalue weighted by molar-refractivity contribution is -0.139. The first-order chi connectivity index (χ1) is 9.50. The van der Waals surface area contributed by atoms with Crippen molar-refractivity contribution < 1.29 is 9.59 Å². The molecule has 1 N–H and O–H groups in total. The molecular weight excluding hydrogens is 320 g/mol. The monoisotopic (exact) mass is 336 g/mol. The zero-order valence-electron chi connectivity index (χ0n) is 11.4. The number of nitrogens with one attached hydrogen (secondary N) is 1. The standard InChI is InChI=1S/C15H17BrN2O2/c1-18-7-6-15(9-18)8-12(19)17-14(20)13(15)10-2-4-11(16)5-3-10/h2-5,13H,6-9H2,1H3,(H,17,19,20). The van der Waals surface area contributed by atoms with Crippen LogP contribution in [0.15, 0.2) is 28.7 Å². The molecule has 0 aromatic heterocycles. The first kappa shape index (κ1) is 13.8. The second-order valence-electron chi connectivity index (χ2n) is 5.92. The van der Waals surface area contributed by atoms with Crippen molar-refractivity contribution in [1.82, 2.24) is 10.2 Å². The third kappa shape index (κ3) is 2.29.